The summed E-state index contributed by atoms with van der Waals surface area (Å²) in [5.74, 6) is 11.9. The highest BCUT2D eigenvalue weighted by Crippen LogP contribution is 2.20. The molecular formula is C22H42N2O4S6. The van der Waals surface area contributed by atoms with Crippen LogP contribution >= 0.6 is 70.6 Å². The second-order valence-electron chi connectivity index (χ2n) is 7.41. The number of nitrogens with zero attached hydrogens (tertiary/aromatic N) is 2. The Morgan fingerprint density at radius 2 is 0.853 bits per heavy atom. The van der Waals surface area contributed by atoms with E-state index < -0.39 is 0 Å². The first-order valence-electron chi connectivity index (χ1n) is 11.8. The second kappa shape index (κ2) is 22.0. The molecule has 1 fully saturated rings. The van der Waals surface area contributed by atoms with E-state index in [2.05, 4.69) is 9.80 Å². The maximum absolute atomic E-state index is 12.2. The van der Waals surface area contributed by atoms with Crippen LogP contribution in [0.2, 0.25) is 0 Å². The van der Waals surface area contributed by atoms with E-state index in [-0.39, 0.29) is 24.0 Å². The van der Waals surface area contributed by atoms with Gasteiger partial charge in [-0.15, -0.1) is 47.0 Å². The molecule has 0 aromatic rings. The lowest BCUT2D eigenvalue weighted by Gasteiger charge is -2.27. The van der Waals surface area contributed by atoms with Gasteiger partial charge in [-0.05, 0) is 27.7 Å². The summed E-state index contributed by atoms with van der Waals surface area (Å²) in [6.07, 6.45) is 0. The van der Waals surface area contributed by atoms with E-state index in [1.54, 1.807) is 0 Å². The van der Waals surface area contributed by atoms with E-state index in [0.29, 0.717) is 13.2 Å². The minimum absolute atomic E-state index is 0.123. The molecule has 2 unspecified atom stereocenters. The summed E-state index contributed by atoms with van der Waals surface area (Å²) in [7, 11) is 0. The molecule has 2 atom stereocenters. The highest BCUT2D eigenvalue weighted by atomic mass is 32.2. The summed E-state index contributed by atoms with van der Waals surface area (Å²) in [6, 6.07) is -0.406. The molecule has 0 aromatic heterocycles. The standard InChI is InChI=1S/C22H42N2O4S6/c1-5-27-21(25)19(3)23-15-31-11-7-29-9-13-33-17-24(20(4)22(26)28-6-2)18-34-14-10-30-8-12-32-16-23/h19-20H,5-18H2,1-4H3. The summed E-state index contributed by atoms with van der Waals surface area (Å²) < 4.78 is 10.5. The largest absolute Gasteiger partial charge is 0.465 e. The van der Waals surface area contributed by atoms with Gasteiger partial charge in [0, 0.05) is 69.5 Å². The highest BCUT2D eigenvalue weighted by Gasteiger charge is 2.23. The lowest BCUT2D eigenvalue weighted by Crippen LogP contribution is -2.40. The van der Waals surface area contributed by atoms with Crippen molar-refractivity contribution in [3.05, 3.63) is 0 Å². The maximum Gasteiger partial charge on any atom is 0.323 e. The fourth-order valence-electron chi connectivity index (χ4n) is 2.75. The Hall–Kier alpha value is 0.960. The summed E-state index contributed by atoms with van der Waals surface area (Å²) >= 11 is 11.5. The predicted octanol–water partition coefficient (Wildman–Crippen LogP) is 4.74. The molecular weight excluding hydrogens is 549 g/mol. The lowest BCUT2D eigenvalue weighted by molar-refractivity contribution is -0.149. The average molecular weight is 591 g/mol. The molecule has 200 valence electrons. The lowest BCUT2D eigenvalue weighted by atomic mass is 10.3. The molecule has 1 rings (SSSR count). The second-order valence-corrected chi connectivity index (χ2v) is 14.2. The van der Waals surface area contributed by atoms with E-state index in [9.17, 15) is 9.59 Å². The van der Waals surface area contributed by atoms with Crippen molar-refractivity contribution in [2.75, 3.05) is 82.7 Å². The molecule has 1 heterocycles. The zero-order valence-electron chi connectivity index (χ0n) is 21.0. The molecule has 1 aliphatic heterocycles. The molecule has 0 aromatic carbocycles. The third-order valence-corrected chi connectivity index (χ3v) is 11.9. The van der Waals surface area contributed by atoms with Crippen LogP contribution in [0.4, 0.5) is 0 Å². The number of ether oxygens (including phenoxy) is 2. The number of hydrogen-bond acceptors (Lipinski definition) is 12. The zero-order valence-corrected chi connectivity index (χ0v) is 25.9. The van der Waals surface area contributed by atoms with Crippen LogP contribution in [0.25, 0.3) is 0 Å². The monoisotopic (exact) mass is 590 g/mol. The number of hydrogen-bond donors (Lipinski definition) is 0. The van der Waals surface area contributed by atoms with Gasteiger partial charge >= 0.3 is 11.9 Å². The summed E-state index contributed by atoms with van der Waals surface area (Å²) in [4.78, 5) is 29.0. The van der Waals surface area contributed by atoms with Crippen LogP contribution in [0.5, 0.6) is 0 Å². The van der Waals surface area contributed by atoms with Gasteiger partial charge in [0.1, 0.15) is 12.1 Å². The minimum Gasteiger partial charge on any atom is -0.465 e. The van der Waals surface area contributed by atoms with Crippen molar-refractivity contribution in [3.8, 4) is 0 Å². The molecule has 0 saturated carbocycles. The van der Waals surface area contributed by atoms with Gasteiger partial charge in [0.05, 0.1) is 13.2 Å². The van der Waals surface area contributed by atoms with E-state index in [1.807, 2.05) is 98.3 Å². The third kappa shape index (κ3) is 15.3. The Labute approximate surface area is 232 Å². The van der Waals surface area contributed by atoms with Crippen LogP contribution in [0, 0.1) is 0 Å². The van der Waals surface area contributed by atoms with Crippen molar-refractivity contribution in [1.82, 2.24) is 9.80 Å². The van der Waals surface area contributed by atoms with Crippen LogP contribution < -0.4 is 0 Å². The Balaban J connectivity index is 2.54. The van der Waals surface area contributed by atoms with Crippen molar-refractivity contribution in [2.45, 2.75) is 39.8 Å². The maximum atomic E-state index is 12.2. The Morgan fingerprint density at radius 3 is 1.12 bits per heavy atom. The molecule has 0 spiro atoms. The van der Waals surface area contributed by atoms with E-state index in [0.717, 1.165) is 69.5 Å². The normalized spacial score (nSPS) is 21.8. The first-order valence-corrected chi connectivity index (χ1v) is 18.7. The molecule has 0 N–H and O–H groups in total. The fourth-order valence-corrected chi connectivity index (χ4v) is 9.87. The van der Waals surface area contributed by atoms with Crippen LogP contribution in [0.1, 0.15) is 27.7 Å². The van der Waals surface area contributed by atoms with Gasteiger partial charge in [-0.25, -0.2) is 0 Å². The van der Waals surface area contributed by atoms with Gasteiger partial charge in [0.15, 0.2) is 0 Å². The van der Waals surface area contributed by atoms with Gasteiger partial charge in [-0.3, -0.25) is 19.4 Å². The van der Waals surface area contributed by atoms with Crippen molar-refractivity contribution in [3.63, 3.8) is 0 Å². The highest BCUT2D eigenvalue weighted by molar-refractivity contribution is 8.05. The molecule has 34 heavy (non-hydrogen) atoms. The Morgan fingerprint density at radius 1 is 0.588 bits per heavy atom. The summed E-state index contributed by atoms with van der Waals surface area (Å²) in [6.45, 7) is 8.51. The molecule has 0 bridgehead atoms. The number of esters is 2. The van der Waals surface area contributed by atoms with Crippen molar-refractivity contribution in [1.29, 1.82) is 0 Å². The van der Waals surface area contributed by atoms with Gasteiger partial charge < -0.3 is 9.47 Å². The number of carbonyl (C=O) groups is 2. The summed E-state index contributed by atoms with van der Waals surface area (Å²) in [5.41, 5.74) is 0. The zero-order chi connectivity index (χ0) is 25.0. The fraction of sp³-hybridized carbons (Fsp3) is 0.909. The van der Waals surface area contributed by atoms with Crippen LogP contribution in [-0.2, 0) is 19.1 Å². The number of rotatable bonds is 6. The quantitative estimate of drug-likeness (QED) is 0.402. The first kappa shape index (κ1) is 33.0. The topological polar surface area (TPSA) is 59.1 Å². The van der Waals surface area contributed by atoms with Crippen LogP contribution in [0.3, 0.4) is 0 Å². The van der Waals surface area contributed by atoms with Gasteiger partial charge in [0.2, 0.25) is 0 Å². The van der Waals surface area contributed by atoms with E-state index in [4.69, 9.17) is 9.47 Å². The predicted molar refractivity (Wildman–Crippen MR) is 160 cm³/mol. The van der Waals surface area contributed by atoms with Crippen molar-refractivity contribution in [2.24, 2.45) is 0 Å². The first-order chi connectivity index (χ1) is 16.5. The Kier molecular flexibility index (Phi) is 21.3. The van der Waals surface area contributed by atoms with Gasteiger partial charge in [-0.1, -0.05) is 0 Å². The number of carbonyl (C=O) groups excluding carboxylic acids is 2. The Bertz CT molecular complexity index is 484. The minimum atomic E-state index is -0.203. The van der Waals surface area contributed by atoms with E-state index in [1.165, 1.54) is 0 Å². The molecule has 0 aliphatic carbocycles. The summed E-state index contributed by atoms with van der Waals surface area (Å²) in [5, 5.41) is 0. The molecule has 0 radical (unpaired) electrons. The molecule has 1 aliphatic rings. The van der Waals surface area contributed by atoms with Crippen LogP contribution in [0.15, 0.2) is 0 Å². The average Bonchev–Trinajstić information content (AvgIpc) is 2.82. The third-order valence-electron chi connectivity index (χ3n) is 4.87. The SMILES string of the molecule is CCOC(=O)C(C)N1CSCCSCCSCN(C(C)C(=O)OCC)CSCCSCCSC1. The van der Waals surface area contributed by atoms with E-state index >= 15 is 0 Å². The van der Waals surface area contributed by atoms with Crippen LogP contribution in [-0.4, -0.2) is 117 Å². The molecule has 12 heteroatoms. The number of thioether (sulfide) groups is 6. The smallest absolute Gasteiger partial charge is 0.323 e. The van der Waals surface area contributed by atoms with Crippen molar-refractivity contribution < 1.29 is 19.1 Å². The van der Waals surface area contributed by atoms with Gasteiger partial charge in [0.25, 0.3) is 0 Å². The van der Waals surface area contributed by atoms with Gasteiger partial charge in [-0.2, -0.15) is 23.5 Å². The van der Waals surface area contributed by atoms with Crippen molar-refractivity contribution >= 4 is 82.5 Å². The molecule has 1 saturated heterocycles. The molecule has 0 amide bonds. The molecule has 6 nitrogen and oxygen atoms in total.